The van der Waals surface area contributed by atoms with Gasteiger partial charge in [-0.1, -0.05) is 29.8 Å². The highest BCUT2D eigenvalue weighted by Gasteiger charge is 2.27. The van der Waals surface area contributed by atoms with Gasteiger partial charge in [0.2, 0.25) is 5.91 Å². The van der Waals surface area contributed by atoms with Crippen molar-refractivity contribution in [2.24, 2.45) is 5.92 Å². The smallest absolute Gasteiger partial charge is 0.308 e. The minimum atomic E-state index is -0.202. The maximum absolute atomic E-state index is 12.2. The molecule has 0 atom stereocenters. The van der Waals surface area contributed by atoms with E-state index >= 15 is 0 Å². The Hall–Kier alpha value is -2.17. The lowest BCUT2D eigenvalue weighted by atomic mass is 9.96. The number of carbonyl (C=O) groups is 3. The molecule has 1 aliphatic heterocycles. The molecule has 1 aromatic rings. The third-order valence-corrected chi connectivity index (χ3v) is 4.32. The fraction of sp³-hybridized carbons (Fsp3) is 0.500. The number of Topliss-reactive ketones (excluding diaryl/α,β-unsaturated/α-hetero) is 1. The number of hydrogen-bond donors (Lipinski definition) is 0. The van der Waals surface area contributed by atoms with Gasteiger partial charge in [-0.3, -0.25) is 14.4 Å². The molecule has 0 aliphatic carbocycles. The zero-order valence-corrected chi connectivity index (χ0v) is 13.7. The molecule has 1 fully saturated rings. The number of esters is 1. The summed E-state index contributed by atoms with van der Waals surface area (Å²) in [5.74, 6) is -0.346. The van der Waals surface area contributed by atoms with E-state index < -0.39 is 0 Å². The van der Waals surface area contributed by atoms with Crippen molar-refractivity contribution >= 4 is 17.7 Å². The summed E-state index contributed by atoms with van der Waals surface area (Å²) in [6, 6.07) is 7.38. The molecule has 5 nitrogen and oxygen atoms in total. The first-order chi connectivity index (χ1) is 11.0. The number of benzene rings is 1. The number of likely N-dealkylation sites (tertiary alicyclic amines) is 1. The Morgan fingerprint density at radius 1 is 1.09 bits per heavy atom. The van der Waals surface area contributed by atoms with Crippen LogP contribution in [0.5, 0.6) is 0 Å². The molecule has 0 aromatic heterocycles. The highest BCUT2D eigenvalue weighted by atomic mass is 16.5. The minimum Gasteiger partial charge on any atom is -0.469 e. The maximum atomic E-state index is 12.2. The summed E-state index contributed by atoms with van der Waals surface area (Å²) in [5.41, 5.74) is 1.75. The maximum Gasteiger partial charge on any atom is 0.308 e. The Bertz CT molecular complexity index is 571. The zero-order valence-electron chi connectivity index (χ0n) is 13.7. The van der Waals surface area contributed by atoms with Crippen molar-refractivity contribution in [1.29, 1.82) is 0 Å². The topological polar surface area (TPSA) is 63.7 Å². The van der Waals surface area contributed by atoms with E-state index in [1.807, 2.05) is 19.1 Å². The van der Waals surface area contributed by atoms with Gasteiger partial charge in [0, 0.05) is 31.5 Å². The van der Waals surface area contributed by atoms with E-state index in [2.05, 4.69) is 0 Å². The number of methoxy groups -OCH3 is 1. The normalized spacial score (nSPS) is 15.3. The minimum absolute atomic E-state index is 0.0113. The molecule has 0 radical (unpaired) electrons. The highest BCUT2D eigenvalue weighted by molar-refractivity contribution is 5.98. The van der Waals surface area contributed by atoms with Crippen LogP contribution in [-0.4, -0.2) is 42.8 Å². The molecular weight excluding hydrogens is 294 g/mol. The second-order valence-electron chi connectivity index (χ2n) is 5.97. The predicted octanol–water partition coefficient (Wildman–Crippen LogP) is 2.37. The first kappa shape index (κ1) is 17.2. The Balaban J connectivity index is 1.78. The molecule has 0 spiro atoms. The number of ether oxygens (including phenoxy) is 1. The van der Waals surface area contributed by atoms with Crippen molar-refractivity contribution < 1.29 is 19.1 Å². The van der Waals surface area contributed by atoms with E-state index in [-0.39, 0.29) is 36.4 Å². The number of amides is 1. The van der Waals surface area contributed by atoms with Crippen LogP contribution >= 0.6 is 0 Å². The lowest BCUT2D eigenvalue weighted by Crippen LogP contribution is -2.40. The van der Waals surface area contributed by atoms with Crippen molar-refractivity contribution in [2.75, 3.05) is 20.2 Å². The van der Waals surface area contributed by atoms with Crippen LogP contribution in [-0.2, 0) is 14.3 Å². The molecule has 1 amide bonds. The molecule has 0 saturated carbocycles. The van der Waals surface area contributed by atoms with Crippen LogP contribution in [0.2, 0.25) is 0 Å². The van der Waals surface area contributed by atoms with Gasteiger partial charge in [-0.15, -0.1) is 0 Å². The van der Waals surface area contributed by atoms with Gasteiger partial charge in [0.25, 0.3) is 0 Å². The lowest BCUT2D eigenvalue weighted by Gasteiger charge is -2.30. The molecule has 0 bridgehead atoms. The highest BCUT2D eigenvalue weighted by Crippen LogP contribution is 2.19. The Kier molecular flexibility index (Phi) is 5.90. The van der Waals surface area contributed by atoms with Crippen LogP contribution < -0.4 is 0 Å². The van der Waals surface area contributed by atoms with Crippen molar-refractivity contribution in [3.8, 4) is 0 Å². The lowest BCUT2D eigenvalue weighted by molar-refractivity contribution is -0.148. The molecule has 5 heteroatoms. The van der Waals surface area contributed by atoms with Gasteiger partial charge in [0.15, 0.2) is 5.78 Å². The second-order valence-corrected chi connectivity index (χ2v) is 5.97. The summed E-state index contributed by atoms with van der Waals surface area (Å²) < 4.78 is 4.73. The summed E-state index contributed by atoms with van der Waals surface area (Å²) in [4.78, 5) is 37.5. The van der Waals surface area contributed by atoms with E-state index in [4.69, 9.17) is 4.74 Å². The molecule has 0 unspecified atom stereocenters. The summed E-state index contributed by atoms with van der Waals surface area (Å²) in [7, 11) is 1.39. The van der Waals surface area contributed by atoms with E-state index in [0.29, 0.717) is 31.5 Å². The molecule has 1 aromatic carbocycles. The predicted molar refractivity (Wildman–Crippen MR) is 86.1 cm³/mol. The van der Waals surface area contributed by atoms with E-state index in [9.17, 15) is 14.4 Å². The number of hydrogen-bond acceptors (Lipinski definition) is 4. The average Bonchev–Trinajstić information content (AvgIpc) is 2.59. The van der Waals surface area contributed by atoms with Gasteiger partial charge in [-0.05, 0) is 19.8 Å². The van der Waals surface area contributed by atoms with Gasteiger partial charge in [0.1, 0.15) is 0 Å². The van der Waals surface area contributed by atoms with Gasteiger partial charge < -0.3 is 9.64 Å². The quantitative estimate of drug-likeness (QED) is 0.618. The Morgan fingerprint density at radius 3 is 2.26 bits per heavy atom. The Labute approximate surface area is 136 Å². The first-order valence-electron chi connectivity index (χ1n) is 7.96. The number of ketones is 1. The second kappa shape index (κ2) is 7.90. The van der Waals surface area contributed by atoms with Gasteiger partial charge in [-0.25, -0.2) is 0 Å². The Morgan fingerprint density at radius 2 is 1.70 bits per heavy atom. The molecule has 124 valence electrons. The van der Waals surface area contributed by atoms with Gasteiger partial charge >= 0.3 is 5.97 Å². The van der Waals surface area contributed by atoms with E-state index in [0.717, 1.165) is 5.56 Å². The van der Waals surface area contributed by atoms with Gasteiger partial charge in [0.05, 0.1) is 13.0 Å². The monoisotopic (exact) mass is 317 g/mol. The third-order valence-electron chi connectivity index (χ3n) is 4.32. The fourth-order valence-electron chi connectivity index (χ4n) is 2.79. The number of carbonyl (C=O) groups excluding carboxylic acids is 3. The van der Waals surface area contributed by atoms with Crippen LogP contribution in [0.3, 0.4) is 0 Å². The van der Waals surface area contributed by atoms with Crippen molar-refractivity contribution in [1.82, 2.24) is 4.90 Å². The molecular formula is C18H23NO4. The number of aryl methyl sites for hydroxylation is 1. The molecule has 1 aliphatic rings. The van der Waals surface area contributed by atoms with Crippen LogP contribution in [0.15, 0.2) is 24.3 Å². The van der Waals surface area contributed by atoms with Crippen molar-refractivity contribution in [2.45, 2.75) is 32.6 Å². The molecule has 2 rings (SSSR count). The molecule has 23 heavy (non-hydrogen) atoms. The standard InChI is InChI=1S/C18H23NO4/c1-13-3-5-14(6-4-13)16(20)7-8-17(21)19-11-9-15(10-12-19)18(22)23-2/h3-6,15H,7-12H2,1-2H3. The summed E-state index contributed by atoms with van der Waals surface area (Å²) >= 11 is 0. The molecule has 1 heterocycles. The number of rotatable bonds is 5. The summed E-state index contributed by atoms with van der Waals surface area (Å²) in [6.45, 7) is 3.07. The fourth-order valence-corrected chi connectivity index (χ4v) is 2.79. The summed E-state index contributed by atoms with van der Waals surface area (Å²) in [6.07, 6.45) is 1.70. The molecule has 0 N–H and O–H groups in total. The largest absolute Gasteiger partial charge is 0.469 e. The first-order valence-corrected chi connectivity index (χ1v) is 7.96. The van der Waals surface area contributed by atoms with Crippen LogP contribution in [0.4, 0.5) is 0 Å². The number of nitrogens with zero attached hydrogens (tertiary/aromatic N) is 1. The number of piperidine rings is 1. The van der Waals surface area contributed by atoms with E-state index in [1.165, 1.54) is 7.11 Å². The van der Waals surface area contributed by atoms with Crippen LogP contribution in [0.1, 0.15) is 41.6 Å². The third kappa shape index (κ3) is 4.65. The van der Waals surface area contributed by atoms with E-state index in [1.54, 1.807) is 17.0 Å². The van der Waals surface area contributed by atoms with Crippen LogP contribution in [0, 0.1) is 12.8 Å². The van der Waals surface area contributed by atoms with Gasteiger partial charge in [-0.2, -0.15) is 0 Å². The SMILES string of the molecule is COC(=O)C1CCN(C(=O)CCC(=O)c2ccc(C)cc2)CC1. The average molecular weight is 317 g/mol. The van der Waals surface area contributed by atoms with Crippen molar-refractivity contribution in [3.05, 3.63) is 35.4 Å². The summed E-state index contributed by atoms with van der Waals surface area (Å²) in [5, 5.41) is 0. The van der Waals surface area contributed by atoms with Crippen LogP contribution in [0.25, 0.3) is 0 Å². The molecule has 1 saturated heterocycles. The zero-order chi connectivity index (χ0) is 16.8. The van der Waals surface area contributed by atoms with Crippen molar-refractivity contribution in [3.63, 3.8) is 0 Å².